The second-order valence-electron chi connectivity index (χ2n) is 13.8. The first-order chi connectivity index (χ1) is 27.4. The lowest BCUT2D eigenvalue weighted by Gasteiger charge is -2.13. The number of allylic oxidation sites excluding steroid dienone is 4. The van der Waals surface area contributed by atoms with Gasteiger partial charge in [-0.15, -0.1) is 6.42 Å². The van der Waals surface area contributed by atoms with Crippen LogP contribution < -0.4 is 0 Å². The second kappa shape index (κ2) is 15.6. The van der Waals surface area contributed by atoms with Gasteiger partial charge in [-0.2, -0.15) is 0 Å². The summed E-state index contributed by atoms with van der Waals surface area (Å²) in [7, 11) is 0. The van der Waals surface area contributed by atoms with Crippen molar-refractivity contribution in [1.82, 2.24) is 19.9 Å². The van der Waals surface area contributed by atoms with Gasteiger partial charge in [0.25, 0.3) is 0 Å². The number of nitrogens with zero attached hydrogens (tertiary/aromatic N) is 4. The molecule has 0 unspecified atom stereocenters. The number of aryl methyl sites for hydroxylation is 2. The summed E-state index contributed by atoms with van der Waals surface area (Å²) in [4.78, 5) is 19.7. The molecule has 0 spiro atoms. The van der Waals surface area contributed by atoms with Gasteiger partial charge in [-0.25, -0.2) is 15.0 Å². The van der Waals surface area contributed by atoms with Gasteiger partial charge in [0.2, 0.25) is 0 Å². The van der Waals surface area contributed by atoms with Crippen LogP contribution in [0.25, 0.3) is 83.6 Å². The molecule has 56 heavy (non-hydrogen) atoms. The number of fused-ring (bicyclic) bond motifs is 1. The van der Waals surface area contributed by atoms with E-state index in [-0.39, 0.29) is 0 Å². The summed E-state index contributed by atoms with van der Waals surface area (Å²) in [6.07, 6.45) is 11.6. The molecule has 6 aromatic carbocycles. The highest BCUT2D eigenvalue weighted by Crippen LogP contribution is 2.37. The van der Waals surface area contributed by atoms with E-state index in [4.69, 9.17) is 26.4 Å². The normalized spacial score (nSPS) is 11.6. The lowest BCUT2D eigenvalue weighted by atomic mass is 9.91. The third kappa shape index (κ3) is 7.19. The summed E-state index contributed by atoms with van der Waals surface area (Å²) in [6.45, 7) is 8.07. The Labute approximate surface area is 329 Å². The van der Waals surface area contributed by atoms with Crippen molar-refractivity contribution >= 4 is 16.3 Å². The summed E-state index contributed by atoms with van der Waals surface area (Å²) < 4.78 is 0. The predicted octanol–water partition coefficient (Wildman–Crippen LogP) is 13.0. The Morgan fingerprint density at radius 2 is 1.04 bits per heavy atom. The zero-order valence-electron chi connectivity index (χ0n) is 32.0. The maximum atomic E-state index is 5.56. The van der Waals surface area contributed by atoms with Gasteiger partial charge in [0.05, 0.1) is 0 Å². The van der Waals surface area contributed by atoms with Crippen molar-refractivity contribution in [3.05, 3.63) is 187 Å². The highest BCUT2D eigenvalue weighted by atomic mass is 15.0. The molecule has 8 aromatic rings. The molecule has 0 bridgehead atoms. The quantitative estimate of drug-likeness (QED) is 0.116. The number of hydrogen-bond donors (Lipinski definition) is 0. The Balaban J connectivity index is 1.14. The largest absolute Gasteiger partial charge is 0.258 e. The Morgan fingerprint density at radius 1 is 0.500 bits per heavy atom. The molecule has 0 aliphatic carbocycles. The molecule has 0 aliphatic rings. The lowest BCUT2D eigenvalue weighted by molar-refractivity contribution is 1.04. The second-order valence-corrected chi connectivity index (χ2v) is 13.8. The minimum atomic E-state index is 0.619. The fourth-order valence-corrected chi connectivity index (χ4v) is 7.26. The molecule has 0 atom stereocenters. The number of benzene rings is 6. The van der Waals surface area contributed by atoms with E-state index in [1.807, 2.05) is 64.1 Å². The zero-order chi connectivity index (χ0) is 38.6. The van der Waals surface area contributed by atoms with Crippen LogP contribution in [0.2, 0.25) is 0 Å². The van der Waals surface area contributed by atoms with E-state index >= 15 is 0 Å². The Bertz CT molecular complexity index is 2820. The molecule has 4 heteroatoms. The number of hydrogen-bond acceptors (Lipinski definition) is 4. The minimum Gasteiger partial charge on any atom is -0.258 e. The smallest absolute Gasteiger partial charge is 0.164 e. The fourth-order valence-electron chi connectivity index (χ4n) is 7.26. The Morgan fingerprint density at radius 3 is 1.61 bits per heavy atom. The Kier molecular flexibility index (Phi) is 9.99. The molecular weight excluding hydrogens is 681 g/mol. The van der Waals surface area contributed by atoms with Crippen molar-refractivity contribution in [1.29, 1.82) is 0 Å². The first-order valence-corrected chi connectivity index (χ1v) is 18.8. The number of rotatable bonds is 8. The van der Waals surface area contributed by atoms with Crippen LogP contribution in [0.1, 0.15) is 36.6 Å². The van der Waals surface area contributed by atoms with Gasteiger partial charge < -0.3 is 0 Å². The Hall–Kier alpha value is -7.22. The molecule has 268 valence electrons. The van der Waals surface area contributed by atoms with E-state index in [0.717, 1.165) is 61.5 Å². The number of aromatic nitrogens is 4. The van der Waals surface area contributed by atoms with Crippen LogP contribution in [0.3, 0.4) is 0 Å². The van der Waals surface area contributed by atoms with Crippen molar-refractivity contribution in [2.24, 2.45) is 0 Å². The molecule has 0 N–H and O–H groups in total. The average Bonchev–Trinajstić information content (AvgIpc) is 3.25. The van der Waals surface area contributed by atoms with Crippen LogP contribution in [0.5, 0.6) is 0 Å². The van der Waals surface area contributed by atoms with Crippen molar-refractivity contribution in [2.45, 2.75) is 27.7 Å². The van der Waals surface area contributed by atoms with E-state index in [9.17, 15) is 0 Å². The van der Waals surface area contributed by atoms with Crippen molar-refractivity contribution in [3.8, 4) is 79.6 Å². The lowest BCUT2D eigenvalue weighted by Crippen LogP contribution is -2.02. The van der Waals surface area contributed by atoms with E-state index in [2.05, 4.69) is 133 Å². The number of pyridine rings is 1. The first kappa shape index (κ1) is 35.8. The van der Waals surface area contributed by atoms with Crippen LogP contribution in [0.4, 0.5) is 0 Å². The summed E-state index contributed by atoms with van der Waals surface area (Å²) in [5.41, 5.74) is 14.7. The van der Waals surface area contributed by atoms with Gasteiger partial charge in [-0.1, -0.05) is 145 Å². The van der Waals surface area contributed by atoms with Gasteiger partial charge in [0.15, 0.2) is 17.5 Å². The topological polar surface area (TPSA) is 51.6 Å². The molecule has 0 saturated carbocycles. The molecule has 4 nitrogen and oxygen atoms in total. The van der Waals surface area contributed by atoms with Gasteiger partial charge in [0, 0.05) is 39.2 Å². The predicted molar refractivity (Wildman–Crippen MR) is 234 cm³/mol. The molecule has 0 saturated heterocycles. The molecule has 0 radical (unpaired) electrons. The third-order valence-corrected chi connectivity index (χ3v) is 10.2. The minimum absolute atomic E-state index is 0.619. The third-order valence-electron chi connectivity index (χ3n) is 10.2. The molecule has 2 heterocycles. The van der Waals surface area contributed by atoms with Gasteiger partial charge in [-0.3, -0.25) is 4.98 Å². The van der Waals surface area contributed by atoms with Gasteiger partial charge in [-0.05, 0) is 102 Å². The van der Waals surface area contributed by atoms with Gasteiger partial charge >= 0.3 is 0 Å². The molecule has 0 aliphatic heterocycles. The molecule has 0 fully saturated rings. The van der Waals surface area contributed by atoms with Crippen LogP contribution in [-0.2, 0) is 0 Å². The van der Waals surface area contributed by atoms with Gasteiger partial charge in [0.1, 0.15) is 0 Å². The van der Waals surface area contributed by atoms with Crippen LogP contribution in [0, 0.1) is 26.2 Å². The van der Waals surface area contributed by atoms with E-state index in [0.29, 0.717) is 17.5 Å². The number of terminal acetylenes is 1. The summed E-state index contributed by atoms with van der Waals surface area (Å²) in [5, 5.41) is 2.40. The van der Waals surface area contributed by atoms with E-state index in [1.54, 1.807) is 0 Å². The molecule has 8 rings (SSSR count). The summed E-state index contributed by atoms with van der Waals surface area (Å²) >= 11 is 0. The fraction of sp³-hybridized carbons (Fsp3) is 0.0769. The van der Waals surface area contributed by atoms with E-state index in [1.165, 1.54) is 27.5 Å². The highest BCUT2D eigenvalue weighted by Gasteiger charge is 2.15. The monoisotopic (exact) mass is 720 g/mol. The molecule has 0 amide bonds. The average molecular weight is 721 g/mol. The standard InChI is InChI=1S/C52H40N4/c1-6-12-37(8-3)50-54-51(56-52(55-50)44-14-11-13-43(33-44)45-30-17-34(4)53-35(45)5)42-28-26-41(27-29-42)47-32-31-46(48-15-9-10-16-49(47)48)40-24-22-39(23-25-40)38-20-18-36(7-2)19-21-38/h2,6,8-33H,1,3-5H3/b12-6-,37-8+. The summed E-state index contributed by atoms with van der Waals surface area (Å²) in [6, 6.07) is 51.0. The van der Waals surface area contributed by atoms with Crippen LogP contribution in [0.15, 0.2) is 164 Å². The van der Waals surface area contributed by atoms with Crippen LogP contribution in [-0.4, -0.2) is 19.9 Å². The molecule has 2 aromatic heterocycles. The molecular formula is C52H40N4. The van der Waals surface area contributed by atoms with Crippen molar-refractivity contribution in [3.63, 3.8) is 0 Å². The maximum absolute atomic E-state index is 5.56. The summed E-state index contributed by atoms with van der Waals surface area (Å²) in [5.74, 6) is 4.56. The van der Waals surface area contributed by atoms with E-state index < -0.39 is 0 Å². The van der Waals surface area contributed by atoms with Crippen molar-refractivity contribution < 1.29 is 0 Å². The maximum Gasteiger partial charge on any atom is 0.164 e. The zero-order valence-corrected chi connectivity index (χ0v) is 32.0. The highest BCUT2D eigenvalue weighted by molar-refractivity contribution is 6.05. The SMILES string of the molecule is C#Cc1ccc(-c2ccc(-c3ccc(-c4ccc(-c5nc(C(/C=C\C)=C/C)nc(-c6cccc(-c7ccc(C)nc7C)c6)n5)cc4)c4ccccc34)cc2)cc1. The van der Waals surface area contributed by atoms with Crippen molar-refractivity contribution in [2.75, 3.05) is 0 Å². The first-order valence-electron chi connectivity index (χ1n) is 18.8. The van der Waals surface area contributed by atoms with Crippen LogP contribution >= 0.6 is 0 Å².